The molecule has 20 heavy (non-hydrogen) atoms. The Morgan fingerprint density at radius 2 is 2.25 bits per heavy atom. The zero-order chi connectivity index (χ0) is 14.5. The first-order chi connectivity index (χ1) is 9.60. The highest BCUT2D eigenvalue weighted by Crippen LogP contribution is 2.15. The summed E-state index contributed by atoms with van der Waals surface area (Å²) in [4.78, 5) is 3.86. The van der Waals surface area contributed by atoms with Crippen LogP contribution in [0.1, 0.15) is 25.2 Å². The molecule has 0 aliphatic rings. The SMILES string of the molecule is CC(C)CNCc1cc(F)ccc1-n1cnc(C#N)n1. The smallest absolute Gasteiger partial charge is 0.252 e. The lowest BCUT2D eigenvalue weighted by Crippen LogP contribution is -2.20. The molecule has 0 amide bonds. The largest absolute Gasteiger partial charge is 0.312 e. The average Bonchev–Trinajstić information content (AvgIpc) is 2.87. The summed E-state index contributed by atoms with van der Waals surface area (Å²) in [5.41, 5.74) is 1.50. The van der Waals surface area contributed by atoms with Crippen molar-refractivity contribution in [3.63, 3.8) is 0 Å². The van der Waals surface area contributed by atoms with Crippen LogP contribution in [0.5, 0.6) is 0 Å². The molecule has 0 unspecified atom stereocenters. The molecule has 104 valence electrons. The Hall–Kier alpha value is -2.26. The van der Waals surface area contributed by atoms with Gasteiger partial charge in [-0.2, -0.15) is 5.26 Å². The molecule has 0 fully saturated rings. The summed E-state index contributed by atoms with van der Waals surface area (Å²) in [5, 5.41) is 16.0. The third-order valence-electron chi connectivity index (χ3n) is 2.75. The van der Waals surface area contributed by atoms with Gasteiger partial charge in [0.25, 0.3) is 5.82 Å². The van der Waals surface area contributed by atoms with Crippen molar-refractivity contribution in [2.75, 3.05) is 6.54 Å². The van der Waals surface area contributed by atoms with E-state index in [2.05, 4.69) is 29.2 Å². The minimum atomic E-state index is -0.296. The normalized spacial score (nSPS) is 10.8. The van der Waals surface area contributed by atoms with Crippen molar-refractivity contribution < 1.29 is 4.39 Å². The highest BCUT2D eigenvalue weighted by Gasteiger charge is 2.09. The summed E-state index contributed by atoms with van der Waals surface area (Å²) in [6.07, 6.45) is 1.46. The van der Waals surface area contributed by atoms with Crippen LogP contribution in [-0.4, -0.2) is 21.3 Å². The minimum absolute atomic E-state index is 0.0930. The summed E-state index contributed by atoms with van der Waals surface area (Å²) >= 11 is 0. The fourth-order valence-corrected chi connectivity index (χ4v) is 1.85. The number of nitrogens with zero attached hydrogens (tertiary/aromatic N) is 4. The molecule has 5 nitrogen and oxygen atoms in total. The van der Waals surface area contributed by atoms with Crippen LogP contribution in [0, 0.1) is 23.1 Å². The van der Waals surface area contributed by atoms with E-state index in [4.69, 9.17) is 5.26 Å². The molecule has 6 heteroatoms. The van der Waals surface area contributed by atoms with Crippen molar-refractivity contribution in [1.29, 1.82) is 5.26 Å². The third-order valence-corrected chi connectivity index (χ3v) is 2.75. The molecule has 0 atom stereocenters. The molecule has 1 aromatic heterocycles. The second kappa shape index (κ2) is 6.26. The van der Waals surface area contributed by atoms with Gasteiger partial charge in [0.05, 0.1) is 5.69 Å². The highest BCUT2D eigenvalue weighted by molar-refractivity contribution is 5.40. The van der Waals surface area contributed by atoms with Crippen molar-refractivity contribution in [1.82, 2.24) is 20.1 Å². The van der Waals surface area contributed by atoms with E-state index in [1.54, 1.807) is 6.07 Å². The van der Waals surface area contributed by atoms with E-state index in [9.17, 15) is 4.39 Å². The van der Waals surface area contributed by atoms with E-state index in [-0.39, 0.29) is 11.6 Å². The molecule has 1 N–H and O–H groups in total. The van der Waals surface area contributed by atoms with Crippen LogP contribution < -0.4 is 5.32 Å². The number of hydrogen-bond donors (Lipinski definition) is 1. The molecule has 2 aromatic rings. The zero-order valence-corrected chi connectivity index (χ0v) is 11.5. The molecular formula is C14H16FN5. The lowest BCUT2D eigenvalue weighted by molar-refractivity contribution is 0.548. The van der Waals surface area contributed by atoms with Gasteiger partial charge in [-0.3, -0.25) is 0 Å². The summed E-state index contributed by atoms with van der Waals surface area (Å²) in [6.45, 7) is 5.59. The van der Waals surface area contributed by atoms with Gasteiger partial charge in [-0.05, 0) is 36.2 Å². The van der Waals surface area contributed by atoms with Gasteiger partial charge in [-0.25, -0.2) is 14.1 Å². The maximum Gasteiger partial charge on any atom is 0.252 e. The van der Waals surface area contributed by atoms with Gasteiger partial charge in [0.2, 0.25) is 0 Å². The summed E-state index contributed by atoms with van der Waals surface area (Å²) in [5.74, 6) is 0.315. The van der Waals surface area contributed by atoms with Gasteiger partial charge in [-0.1, -0.05) is 13.8 Å². The Kier molecular flexibility index (Phi) is 4.43. The standard InChI is InChI=1S/C14H16FN5/c1-10(2)7-17-8-11-5-12(15)3-4-13(11)20-9-18-14(6-16)19-20/h3-5,9-10,17H,7-8H2,1-2H3. The fraction of sp³-hybridized carbons (Fsp3) is 0.357. The molecule has 0 bridgehead atoms. The number of nitrogens with one attached hydrogen (secondary N) is 1. The van der Waals surface area contributed by atoms with Crippen molar-refractivity contribution in [2.24, 2.45) is 5.92 Å². The van der Waals surface area contributed by atoms with E-state index in [0.29, 0.717) is 12.5 Å². The van der Waals surface area contributed by atoms with E-state index in [1.165, 1.54) is 23.1 Å². The van der Waals surface area contributed by atoms with Crippen LogP contribution in [0.2, 0.25) is 0 Å². The Bertz CT molecular complexity index is 627. The lowest BCUT2D eigenvalue weighted by Gasteiger charge is -2.11. The van der Waals surface area contributed by atoms with Crippen LogP contribution in [-0.2, 0) is 6.54 Å². The fourth-order valence-electron chi connectivity index (χ4n) is 1.85. The first kappa shape index (κ1) is 14.2. The molecular weight excluding hydrogens is 257 g/mol. The molecule has 2 rings (SSSR count). The highest BCUT2D eigenvalue weighted by atomic mass is 19.1. The number of nitriles is 1. The van der Waals surface area contributed by atoms with E-state index >= 15 is 0 Å². The number of benzene rings is 1. The Morgan fingerprint density at radius 3 is 2.90 bits per heavy atom. The number of hydrogen-bond acceptors (Lipinski definition) is 4. The van der Waals surface area contributed by atoms with Gasteiger partial charge in [-0.15, -0.1) is 5.10 Å². The van der Waals surface area contributed by atoms with E-state index in [0.717, 1.165) is 17.8 Å². The number of rotatable bonds is 5. The maximum atomic E-state index is 13.4. The first-order valence-corrected chi connectivity index (χ1v) is 6.41. The zero-order valence-electron chi connectivity index (χ0n) is 11.5. The molecule has 1 heterocycles. The van der Waals surface area contributed by atoms with E-state index in [1.807, 2.05) is 6.07 Å². The molecule has 0 spiro atoms. The van der Waals surface area contributed by atoms with Gasteiger partial charge in [0, 0.05) is 6.54 Å². The minimum Gasteiger partial charge on any atom is -0.312 e. The van der Waals surface area contributed by atoms with Gasteiger partial charge < -0.3 is 5.32 Å². The van der Waals surface area contributed by atoms with Gasteiger partial charge in [0.1, 0.15) is 18.2 Å². The predicted molar refractivity (Wildman–Crippen MR) is 72.6 cm³/mol. The van der Waals surface area contributed by atoms with Crippen molar-refractivity contribution in [2.45, 2.75) is 20.4 Å². The maximum absolute atomic E-state index is 13.4. The quantitative estimate of drug-likeness (QED) is 0.905. The van der Waals surface area contributed by atoms with E-state index < -0.39 is 0 Å². The van der Waals surface area contributed by atoms with Gasteiger partial charge in [0.15, 0.2) is 0 Å². The Balaban J connectivity index is 2.25. The first-order valence-electron chi connectivity index (χ1n) is 6.41. The van der Waals surface area contributed by atoms with Crippen LogP contribution in [0.4, 0.5) is 4.39 Å². The predicted octanol–water partition coefficient (Wildman–Crippen LogP) is 2.02. The molecule has 0 aliphatic heterocycles. The molecule has 1 aromatic carbocycles. The topological polar surface area (TPSA) is 66.5 Å². The monoisotopic (exact) mass is 273 g/mol. The summed E-state index contributed by atoms with van der Waals surface area (Å²) in [7, 11) is 0. The van der Waals surface area contributed by atoms with Crippen LogP contribution in [0.25, 0.3) is 5.69 Å². The number of halogens is 1. The molecule has 0 saturated carbocycles. The van der Waals surface area contributed by atoms with Crippen LogP contribution in [0.15, 0.2) is 24.5 Å². The second-order valence-corrected chi connectivity index (χ2v) is 4.92. The number of aromatic nitrogens is 3. The average molecular weight is 273 g/mol. The summed E-state index contributed by atoms with van der Waals surface area (Å²) in [6, 6.07) is 6.35. The molecule has 0 aliphatic carbocycles. The van der Waals surface area contributed by atoms with Crippen molar-refractivity contribution >= 4 is 0 Å². The Labute approximate surface area is 117 Å². The molecule has 0 radical (unpaired) electrons. The van der Waals surface area contributed by atoms with Crippen molar-refractivity contribution in [3.05, 3.63) is 41.7 Å². The molecule has 0 saturated heterocycles. The summed E-state index contributed by atoms with van der Waals surface area (Å²) < 4.78 is 14.9. The van der Waals surface area contributed by atoms with Gasteiger partial charge >= 0.3 is 0 Å². The van der Waals surface area contributed by atoms with Crippen molar-refractivity contribution in [3.8, 4) is 11.8 Å². The van der Waals surface area contributed by atoms with Crippen LogP contribution >= 0.6 is 0 Å². The third kappa shape index (κ3) is 3.39. The second-order valence-electron chi connectivity index (χ2n) is 4.92. The Morgan fingerprint density at radius 1 is 1.45 bits per heavy atom. The lowest BCUT2D eigenvalue weighted by atomic mass is 10.1. The van der Waals surface area contributed by atoms with Crippen LogP contribution in [0.3, 0.4) is 0 Å².